The van der Waals surface area contributed by atoms with Crippen LogP contribution in [-0.2, 0) is 9.59 Å². The van der Waals surface area contributed by atoms with E-state index in [9.17, 15) is 19.2 Å². The molecule has 1 heterocycles. The Balaban J connectivity index is 1.83. The molecular weight excluding hydrogens is 286 g/mol. The number of amides is 3. The quantitative estimate of drug-likeness (QED) is 0.344. The monoisotopic (exact) mass is 295 g/mol. The minimum atomic E-state index is -1.31. The number of esters is 1. The van der Waals surface area contributed by atoms with Crippen molar-refractivity contribution in [2.24, 2.45) is 0 Å². The normalized spacial score (nSPS) is 13.0. The smallest absolute Gasteiger partial charge is 0.403 e. The van der Waals surface area contributed by atoms with E-state index >= 15 is 0 Å². The first kappa shape index (κ1) is 13.7. The van der Waals surface area contributed by atoms with Gasteiger partial charge in [-0.3, -0.25) is 14.4 Å². The Morgan fingerprint density at radius 3 is 1.82 bits per heavy atom. The third kappa shape index (κ3) is 2.16. The average molecular weight is 295 g/mol. The lowest BCUT2D eigenvalue weighted by molar-refractivity contribution is -0.151. The molecule has 0 aliphatic carbocycles. The molecule has 2 aromatic carbocycles. The summed E-state index contributed by atoms with van der Waals surface area (Å²) in [6.07, 6.45) is 0. The number of rotatable bonds is 1. The van der Waals surface area contributed by atoms with Crippen molar-refractivity contribution in [2.75, 3.05) is 0 Å². The van der Waals surface area contributed by atoms with Gasteiger partial charge in [0.1, 0.15) is 5.75 Å². The molecule has 0 aromatic heterocycles. The molecule has 0 atom stereocenters. The van der Waals surface area contributed by atoms with Crippen molar-refractivity contribution in [1.29, 1.82) is 0 Å². The zero-order valence-electron chi connectivity index (χ0n) is 11.2. The molecule has 6 nitrogen and oxygen atoms in total. The van der Waals surface area contributed by atoms with E-state index in [4.69, 9.17) is 4.74 Å². The van der Waals surface area contributed by atoms with Gasteiger partial charge in [0.15, 0.2) is 0 Å². The molecule has 0 N–H and O–H groups in total. The first-order valence-corrected chi connectivity index (χ1v) is 6.38. The summed E-state index contributed by atoms with van der Waals surface area (Å²) in [5.74, 6) is -4.10. The summed E-state index contributed by atoms with van der Waals surface area (Å²) in [6.45, 7) is 0. The van der Waals surface area contributed by atoms with E-state index in [0.717, 1.165) is 0 Å². The van der Waals surface area contributed by atoms with Gasteiger partial charge in [-0.05, 0) is 24.3 Å². The maximum absolute atomic E-state index is 12.1. The van der Waals surface area contributed by atoms with Crippen molar-refractivity contribution >= 4 is 23.7 Å². The molecule has 3 rings (SSSR count). The Bertz CT molecular complexity index is 762. The minimum Gasteiger partial charge on any atom is -0.419 e. The van der Waals surface area contributed by atoms with E-state index in [1.165, 1.54) is 24.3 Å². The zero-order valence-corrected chi connectivity index (χ0v) is 11.2. The highest BCUT2D eigenvalue weighted by molar-refractivity contribution is 6.44. The Morgan fingerprint density at radius 1 is 0.773 bits per heavy atom. The van der Waals surface area contributed by atoms with Gasteiger partial charge in [-0.2, -0.15) is 0 Å². The third-order valence-corrected chi connectivity index (χ3v) is 3.13. The molecule has 0 unspecified atom stereocenters. The highest BCUT2D eigenvalue weighted by Gasteiger charge is 2.42. The molecule has 0 spiro atoms. The highest BCUT2D eigenvalue weighted by Crippen LogP contribution is 2.23. The van der Waals surface area contributed by atoms with Crippen LogP contribution in [-0.4, -0.2) is 28.6 Å². The second-order valence-electron chi connectivity index (χ2n) is 4.50. The van der Waals surface area contributed by atoms with E-state index in [0.29, 0.717) is 4.90 Å². The zero-order chi connectivity index (χ0) is 15.7. The summed E-state index contributed by atoms with van der Waals surface area (Å²) in [5, 5.41) is 0. The molecule has 6 heteroatoms. The van der Waals surface area contributed by atoms with Gasteiger partial charge in [-0.1, -0.05) is 30.3 Å². The summed E-state index contributed by atoms with van der Waals surface area (Å²) >= 11 is 0. The van der Waals surface area contributed by atoms with Crippen LogP contribution in [0.5, 0.6) is 5.75 Å². The van der Waals surface area contributed by atoms with E-state index in [-0.39, 0.29) is 16.9 Å². The number of hydrogen-bond donors (Lipinski definition) is 0. The number of ether oxygens (including phenoxy) is 1. The molecule has 22 heavy (non-hydrogen) atoms. The van der Waals surface area contributed by atoms with Gasteiger partial charge in [-0.15, -0.1) is 0 Å². The predicted molar refractivity (Wildman–Crippen MR) is 74.0 cm³/mol. The second-order valence-corrected chi connectivity index (χ2v) is 4.50. The van der Waals surface area contributed by atoms with E-state index in [1.54, 1.807) is 30.3 Å². The molecule has 3 amide bonds. The van der Waals surface area contributed by atoms with Gasteiger partial charge in [0, 0.05) is 0 Å². The predicted octanol–water partition coefficient (Wildman–Crippen LogP) is 1.41. The van der Waals surface area contributed by atoms with Crippen molar-refractivity contribution in [3.63, 3.8) is 0 Å². The van der Waals surface area contributed by atoms with E-state index in [2.05, 4.69) is 0 Å². The van der Waals surface area contributed by atoms with Crippen molar-refractivity contribution in [3.8, 4) is 5.75 Å². The number of nitrogens with zero attached hydrogens (tertiary/aromatic N) is 1. The van der Waals surface area contributed by atoms with E-state index in [1.807, 2.05) is 0 Å². The van der Waals surface area contributed by atoms with Crippen LogP contribution in [0.1, 0.15) is 20.7 Å². The number of hydrogen-bond acceptors (Lipinski definition) is 5. The Morgan fingerprint density at radius 2 is 1.27 bits per heavy atom. The first-order valence-electron chi connectivity index (χ1n) is 6.38. The Kier molecular flexibility index (Phi) is 3.27. The van der Waals surface area contributed by atoms with Crippen LogP contribution >= 0.6 is 0 Å². The van der Waals surface area contributed by atoms with Gasteiger partial charge in [0.05, 0.1) is 11.1 Å². The number of carbonyl (C=O) groups is 4. The fourth-order valence-electron chi connectivity index (χ4n) is 2.10. The standard InChI is InChI=1S/C16H9NO5/c18-13-11-8-4-5-9-12(11)14(19)17(13)15(20)16(21)22-10-6-2-1-3-7-10/h1-9H. The largest absolute Gasteiger partial charge is 0.419 e. The lowest BCUT2D eigenvalue weighted by Crippen LogP contribution is -2.42. The SMILES string of the molecule is O=C(Oc1ccccc1)C(=O)N1C(=O)c2ccccc2C1=O. The van der Waals surface area contributed by atoms with Crippen LogP contribution in [0, 0.1) is 0 Å². The molecule has 0 saturated heterocycles. The van der Waals surface area contributed by atoms with Gasteiger partial charge < -0.3 is 4.74 Å². The summed E-state index contributed by atoms with van der Waals surface area (Å²) in [7, 11) is 0. The third-order valence-electron chi connectivity index (χ3n) is 3.13. The molecule has 0 saturated carbocycles. The second kappa shape index (κ2) is 5.25. The highest BCUT2D eigenvalue weighted by atomic mass is 16.5. The molecule has 108 valence electrons. The maximum atomic E-state index is 12.1. The maximum Gasteiger partial charge on any atom is 0.403 e. The molecule has 1 aliphatic heterocycles. The molecular formula is C16H9NO5. The van der Waals surface area contributed by atoms with E-state index < -0.39 is 23.7 Å². The fraction of sp³-hybridized carbons (Fsp3) is 0. The van der Waals surface area contributed by atoms with Gasteiger partial charge in [0.25, 0.3) is 11.8 Å². The molecule has 1 aliphatic rings. The topological polar surface area (TPSA) is 80.8 Å². The van der Waals surface area contributed by atoms with Crippen molar-refractivity contribution in [2.45, 2.75) is 0 Å². The number of carbonyl (C=O) groups excluding carboxylic acids is 4. The first-order chi connectivity index (χ1) is 10.6. The van der Waals surface area contributed by atoms with Crippen molar-refractivity contribution in [3.05, 3.63) is 65.7 Å². The van der Waals surface area contributed by atoms with Crippen LogP contribution in [0.15, 0.2) is 54.6 Å². The van der Waals surface area contributed by atoms with Crippen LogP contribution in [0.3, 0.4) is 0 Å². The summed E-state index contributed by atoms with van der Waals surface area (Å²) in [6, 6.07) is 13.9. The number of benzene rings is 2. The number of imide groups is 3. The number of fused-ring (bicyclic) bond motifs is 1. The molecule has 0 fully saturated rings. The lowest BCUT2D eigenvalue weighted by atomic mass is 10.1. The average Bonchev–Trinajstić information content (AvgIpc) is 2.79. The van der Waals surface area contributed by atoms with Crippen LogP contribution < -0.4 is 4.74 Å². The molecule has 2 aromatic rings. The lowest BCUT2D eigenvalue weighted by Gasteiger charge is -2.10. The molecule has 0 radical (unpaired) electrons. The van der Waals surface area contributed by atoms with Crippen LogP contribution in [0.4, 0.5) is 0 Å². The summed E-state index contributed by atoms with van der Waals surface area (Å²) in [4.78, 5) is 48.3. The Hall–Kier alpha value is -3.28. The Labute approximate surface area is 124 Å². The van der Waals surface area contributed by atoms with Gasteiger partial charge >= 0.3 is 11.9 Å². The fourth-order valence-corrected chi connectivity index (χ4v) is 2.10. The van der Waals surface area contributed by atoms with Gasteiger partial charge in [-0.25, -0.2) is 9.69 Å². The summed E-state index contributed by atoms with van der Waals surface area (Å²) < 4.78 is 4.85. The van der Waals surface area contributed by atoms with Gasteiger partial charge in [0.2, 0.25) is 0 Å². The summed E-state index contributed by atoms with van der Waals surface area (Å²) in [5.41, 5.74) is 0.182. The van der Waals surface area contributed by atoms with Crippen molar-refractivity contribution in [1.82, 2.24) is 4.90 Å². The van der Waals surface area contributed by atoms with Crippen molar-refractivity contribution < 1.29 is 23.9 Å². The molecule has 0 bridgehead atoms. The van der Waals surface area contributed by atoms with Crippen LogP contribution in [0.2, 0.25) is 0 Å². The number of para-hydroxylation sites is 1. The van der Waals surface area contributed by atoms with Crippen LogP contribution in [0.25, 0.3) is 0 Å². The minimum absolute atomic E-state index is 0.0911.